The number of pyridine rings is 1. The van der Waals surface area contributed by atoms with E-state index in [9.17, 15) is 4.79 Å². The van der Waals surface area contributed by atoms with E-state index in [2.05, 4.69) is 39.2 Å². The standard InChI is InChI=1S/C17H22N4OS/c22-17(19-9-3-1-2-4-11-23)16-13-8-7-12-6-5-10-18-14(12)15(13)20-21-16/h5-6,10,23H,1-4,7-9,11H2,(H,19,22)(H,20,21). The maximum absolute atomic E-state index is 12.4. The Balaban J connectivity index is 1.62. The molecule has 1 aliphatic carbocycles. The lowest BCUT2D eigenvalue weighted by atomic mass is 9.92. The second-order valence-electron chi connectivity index (χ2n) is 5.83. The average molecular weight is 330 g/mol. The number of aryl methyl sites for hydroxylation is 1. The number of hydrogen-bond donors (Lipinski definition) is 3. The fourth-order valence-electron chi connectivity index (χ4n) is 2.99. The molecule has 6 heteroatoms. The van der Waals surface area contributed by atoms with Gasteiger partial charge in [-0.3, -0.25) is 14.9 Å². The van der Waals surface area contributed by atoms with Gasteiger partial charge >= 0.3 is 0 Å². The van der Waals surface area contributed by atoms with Gasteiger partial charge in [-0.1, -0.05) is 18.9 Å². The predicted octanol–water partition coefficient (Wildman–Crippen LogP) is 2.79. The molecule has 5 nitrogen and oxygen atoms in total. The van der Waals surface area contributed by atoms with Gasteiger partial charge in [0, 0.05) is 18.3 Å². The molecule has 3 rings (SSSR count). The van der Waals surface area contributed by atoms with Crippen LogP contribution < -0.4 is 5.32 Å². The molecule has 23 heavy (non-hydrogen) atoms. The van der Waals surface area contributed by atoms with E-state index in [1.54, 1.807) is 6.20 Å². The van der Waals surface area contributed by atoms with Crippen molar-refractivity contribution in [3.63, 3.8) is 0 Å². The predicted molar refractivity (Wildman–Crippen MR) is 93.9 cm³/mol. The van der Waals surface area contributed by atoms with Crippen LogP contribution in [0, 0.1) is 0 Å². The van der Waals surface area contributed by atoms with E-state index in [1.165, 1.54) is 12.0 Å². The Bertz CT molecular complexity index is 683. The molecule has 0 aromatic carbocycles. The Morgan fingerprint density at radius 3 is 3.00 bits per heavy atom. The highest BCUT2D eigenvalue weighted by Crippen LogP contribution is 2.31. The Morgan fingerprint density at radius 2 is 2.13 bits per heavy atom. The lowest BCUT2D eigenvalue weighted by Crippen LogP contribution is -2.26. The number of carbonyl (C=O) groups is 1. The molecule has 0 saturated carbocycles. The molecule has 0 aliphatic heterocycles. The molecule has 2 aromatic heterocycles. The van der Waals surface area contributed by atoms with Gasteiger partial charge in [0.15, 0.2) is 5.69 Å². The molecule has 2 aromatic rings. The second-order valence-corrected chi connectivity index (χ2v) is 6.28. The zero-order valence-electron chi connectivity index (χ0n) is 13.1. The molecule has 0 bridgehead atoms. The van der Waals surface area contributed by atoms with Crippen LogP contribution >= 0.6 is 12.6 Å². The highest BCUT2D eigenvalue weighted by molar-refractivity contribution is 7.80. The van der Waals surface area contributed by atoms with E-state index >= 15 is 0 Å². The minimum Gasteiger partial charge on any atom is -0.351 e. The number of aromatic amines is 1. The van der Waals surface area contributed by atoms with Crippen LogP contribution in [0.5, 0.6) is 0 Å². The molecule has 0 radical (unpaired) electrons. The summed E-state index contributed by atoms with van der Waals surface area (Å²) in [6.45, 7) is 0.696. The molecule has 1 amide bonds. The molecule has 2 N–H and O–H groups in total. The third kappa shape index (κ3) is 3.58. The summed E-state index contributed by atoms with van der Waals surface area (Å²) in [5.74, 6) is 0.845. The minimum absolute atomic E-state index is 0.0870. The van der Waals surface area contributed by atoms with Crippen molar-refractivity contribution in [3.8, 4) is 11.4 Å². The summed E-state index contributed by atoms with van der Waals surface area (Å²) >= 11 is 4.20. The Hall–Kier alpha value is -1.82. The van der Waals surface area contributed by atoms with Crippen molar-refractivity contribution >= 4 is 18.5 Å². The number of hydrogen-bond acceptors (Lipinski definition) is 4. The van der Waals surface area contributed by atoms with Gasteiger partial charge in [-0.25, -0.2) is 0 Å². The SMILES string of the molecule is O=C(NCCCCCCS)c1n[nH]c2c1CCc1cccnc1-2. The normalized spacial score (nSPS) is 12.6. The van der Waals surface area contributed by atoms with Gasteiger partial charge < -0.3 is 5.32 Å². The third-order valence-corrected chi connectivity index (χ3v) is 4.54. The van der Waals surface area contributed by atoms with Gasteiger partial charge in [-0.2, -0.15) is 17.7 Å². The minimum atomic E-state index is -0.0870. The fourth-order valence-corrected chi connectivity index (χ4v) is 3.22. The number of H-pyrrole nitrogens is 1. The smallest absolute Gasteiger partial charge is 0.272 e. The van der Waals surface area contributed by atoms with Crippen molar-refractivity contribution in [2.24, 2.45) is 0 Å². The van der Waals surface area contributed by atoms with E-state index in [-0.39, 0.29) is 5.91 Å². The zero-order valence-corrected chi connectivity index (χ0v) is 14.0. The van der Waals surface area contributed by atoms with Crippen LogP contribution in [0.2, 0.25) is 0 Å². The maximum Gasteiger partial charge on any atom is 0.272 e. The lowest BCUT2D eigenvalue weighted by molar-refractivity contribution is 0.0947. The van der Waals surface area contributed by atoms with Crippen molar-refractivity contribution in [2.45, 2.75) is 38.5 Å². The van der Waals surface area contributed by atoms with Crippen LogP contribution in [0.4, 0.5) is 0 Å². The highest BCUT2D eigenvalue weighted by Gasteiger charge is 2.25. The molecule has 0 unspecified atom stereocenters. The highest BCUT2D eigenvalue weighted by atomic mass is 32.1. The molecular formula is C17H22N4OS. The first-order chi connectivity index (χ1) is 11.3. The van der Waals surface area contributed by atoms with Crippen LogP contribution in [0.15, 0.2) is 18.3 Å². The van der Waals surface area contributed by atoms with Crippen molar-refractivity contribution < 1.29 is 4.79 Å². The Morgan fingerprint density at radius 1 is 1.26 bits per heavy atom. The van der Waals surface area contributed by atoms with Crippen LogP contribution in [-0.2, 0) is 12.8 Å². The molecule has 0 saturated heterocycles. The summed E-state index contributed by atoms with van der Waals surface area (Å²) in [5.41, 5.74) is 4.54. The molecular weight excluding hydrogens is 308 g/mol. The largest absolute Gasteiger partial charge is 0.351 e. The van der Waals surface area contributed by atoms with Crippen LogP contribution in [0.1, 0.15) is 47.3 Å². The quantitative estimate of drug-likeness (QED) is 0.540. The van der Waals surface area contributed by atoms with Crippen LogP contribution in [0.25, 0.3) is 11.4 Å². The summed E-state index contributed by atoms with van der Waals surface area (Å²) in [7, 11) is 0. The van der Waals surface area contributed by atoms with Crippen LogP contribution in [0.3, 0.4) is 0 Å². The molecule has 0 atom stereocenters. The van der Waals surface area contributed by atoms with E-state index < -0.39 is 0 Å². The number of carbonyl (C=O) groups excluding carboxylic acids is 1. The first-order valence-corrected chi connectivity index (χ1v) is 8.85. The number of nitrogens with zero attached hydrogens (tertiary/aromatic N) is 2. The number of thiol groups is 1. The van der Waals surface area contributed by atoms with Gasteiger partial charge in [-0.05, 0) is 43.1 Å². The topological polar surface area (TPSA) is 70.7 Å². The first-order valence-electron chi connectivity index (χ1n) is 8.22. The van der Waals surface area contributed by atoms with Crippen LogP contribution in [-0.4, -0.2) is 33.4 Å². The number of unbranched alkanes of at least 4 members (excludes halogenated alkanes) is 3. The Kier molecular flexibility index (Phi) is 5.33. The van der Waals surface area contributed by atoms with E-state index in [0.29, 0.717) is 12.2 Å². The van der Waals surface area contributed by atoms with E-state index in [0.717, 1.165) is 54.8 Å². The monoisotopic (exact) mass is 330 g/mol. The summed E-state index contributed by atoms with van der Waals surface area (Å²) in [6.07, 6.45) is 7.93. The van der Waals surface area contributed by atoms with E-state index in [4.69, 9.17) is 0 Å². The van der Waals surface area contributed by atoms with Crippen molar-refractivity contribution in [1.82, 2.24) is 20.5 Å². The second kappa shape index (κ2) is 7.64. The van der Waals surface area contributed by atoms with Crippen molar-refractivity contribution in [3.05, 3.63) is 35.2 Å². The summed E-state index contributed by atoms with van der Waals surface area (Å²) < 4.78 is 0. The number of aromatic nitrogens is 3. The van der Waals surface area contributed by atoms with Gasteiger partial charge in [0.1, 0.15) is 0 Å². The van der Waals surface area contributed by atoms with Crippen molar-refractivity contribution in [2.75, 3.05) is 12.3 Å². The van der Waals surface area contributed by atoms with Gasteiger partial charge in [-0.15, -0.1) is 0 Å². The summed E-state index contributed by atoms with van der Waals surface area (Å²) in [5, 5.41) is 10.2. The third-order valence-electron chi connectivity index (χ3n) is 4.23. The maximum atomic E-state index is 12.4. The molecule has 122 valence electrons. The molecule has 0 fully saturated rings. The number of nitrogens with one attached hydrogen (secondary N) is 2. The van der Waals surface area contributed by atoms with E-state index in [1.807, 2.05) is 6.07 Å². The zero-order chi connectivity index (χ0) is 16.1. The lowest BCUT2D eigenvalue weighted by Gasteiger charge is -2.14. The van der Waals surface area contributed by atoms with Crippen molar-refractivity contribution in [1.29, 1.82) is 0 Å². The van der Waals surface area contributed by atoms with Gasteiger partial charge in [0.25, 0.3) is 5.91 Å². The molecule has 2 heterocycles. The summed E-state index contributed by atoms with van der Waals surface area (Å²) in [4.78, 5) is 16.8. The number of amides is 1. The first kappa shape index (κ1) is 16.1. The fraction of sp³-hybridized carbons (Fsp3) is 0.471. The number of rotatable bonds is 7. The Labute approximate surface area is 141 Å². The summed E-state index contributed by atoms with van der Waals surface area (Å²) in [6, 6.07) is 4.03. The molecule has 1 aliphatic rings. The molecule has 0 spiro atoms. The average Bonchev–Trinajstić information content (AvgIpc) is 3.02. The van der Waals surface area contributed by atoms with Gasteiger partial charge in [0.2, 0.25) is 0 Å². The number of fused-ring (bicyclic) bond motifs is 3. The van der Waals surface area contributed by atoms with Gasteiger partial charge in [0.05, 0.1) is 11.4 Å².